The Balaban J connectivity index is 1.89. The first-order valence-electron chi connectivity index (χ1n) is 7.47. The third-order valence-electron chi connectivity index (χ3n) is 3.28. The molecule has 1 aromatic carbocycles. The third kappa shape index (κ3) is 5.66. The second-order valence-corrected chi connectivity index (χ2v) is 6.71. The lowest BCUT2D eigenvalue weighted by molar-refractivity contribution is 0.0949. The smallest absolute Gasteiger partial charge is 0.270 e. The Morgan fingerprint density at radius 1 is 1.24 bits per heavy atom. The molecule has 25 heavy (non-hydrogen) atoms. The molecular weight excluding hydrogens is 342 g/mol. The molecule has 0 saturated carbocycles. The molecule has 2 rings (SSSR count). The summed E-state index contributed by atoms with van der Waals surface area (Å²) in [6.07, 6.45) is 3.54. The van der Waals surface area contributed by atoms with E-state index in [0.29, 0.717) is 25.3 Å². The lowest BCUT2D eigenvalue weighted by Crippen LogP contribution is -2.26. The Kier molecular flexibility index (Phi) is 6.20. The van der Waals surface area contributed by atoms with Crippen LogP contribution in [0.2, 0.25) is 0 Å². The first kappa shape index (κ1) is 18.6. The Bertz CT molecular complexity index is 850. The number of nitrogens with two attached hydrogens (primary N) is 1. The number of aromatic nitrogens is 2. The lowest BCUT2D eigenvalue weighted by atomic mass is 10.1. The average Bonchev–Trinajstić information content (AvgIpc) is 2.60. The summed E-state index contributed by atoms with van der Waals surface area (Å²) in [5.74, 6) is 0.226. The maximum Gasteiger partial charge on any atom is 0.270 e. The van der Waals surface area contributed by atoms with Crippen molar-refractivity contribution < 1.29 is 13.2 Å². The molecule has 4 N–H and O–H groups in total. The predicted molar refractivity (Wildman–Crippen MR) is 94.6 cm³/mol. The number of amides is 1. The quantitative estimate of drug-likeness (QED) is 0.594. The van der Waals surface area contributed by atoms with E-state index in [0.717, 1.165) is 5.56 Å². The number of hydrogen-bond acceptors (Lipinski definition) is 6. The monoisotopic (exact) mass is 361 g/mol. The second kappa shape index (κ2) is 8.36. The highest BCUT2D eigenvalue weighted by atomic mass is 32.2. The molecular formula is C16H19N5O3S. The number of nitrogens with zero attached hydrogens (tertiary/aromatic N) is 2. The summed E-state index contributed by atoms with van der Waals surface area (Å²) in [5.41, 5.74) is 1.13. The molecule has 0 aliphatic heterocycles. The molecule has 0 bridgehead atoms. The van der Waals surface area contributed by atoms with Gasteiger partial charge in [0, 0.05) is 19.2 Å². The van der Waals surface area contributed by atoms with E-state index < -0.39 is 10.0 Å². The molecule has 0 aliphatic carbocycles. The fourth-order valence-electron chi connectivity index (χ4n) is 2.01. The highest BCUT2D eigenvalue weighted by Crippen LogP contribution is 2.09. The van der Waals surface area contributed by atoms with Crippen molar-refractivity contribution in [1.29, 1.82) is 0 Å². The molecule has 0 aliphatic rings. The Labute approximate surface area is 146 Å². The minimum absolute atomic E-state index is 0.0563. The highest BCUT2D eigenvalue weighted by molar-refractivity contribution is 7.89. The second-order valence-electron chi connectivity index (χ2n) is 5.15. The van der Waals surface area contributed by atoms with Crippen LogP contribution in [0.25, 0.3) is 0 Å². The van der Waals surface area contributed by atoms with Gasteiger partial charge in [-0.15, -0.1) is 6.58 Å². The van der Waals surface area contributed by atoms with Crippen molar-refractivity contribution in [3.05, 3.63) is 60.6 Å². The van der Waals surface area contributed by atoms with Crippen molar-refractivity contribution in [3.8, 4) is 0 Å². The van der Waals surface area contributed by atoms with Gasteiger partial charge in [-0.2, -0.15) is 0 Å². The maximum atomic E-state index is 12.1. The van der Waals surface area contributed by atoms with Crippen LogP contribution in [0.1, 0.15) is 16.1 Å². The van der Waals surface area contributed by atoms with Crippen LogP contribution in [-0.4, -0.2) is 37.4 Å². The SMILES string of the molecule is C=CCNc1cc(C(=O)NCCc2ccc(S(N)(=O)=O)cc2)ncn1. The van der Waals surface area contributed by atoms with Crippen LogP contribution in [0.3, 0.4) is 0 Å². The standard InChI is InChI=1S/C16H19N5O3S/c1-2-8-18-15-10-14(20-11-21-15)16(22)19-9-7-12-3-5-13(6-4-12)25(17,23)24/h2-6,10-11H,1,7-9H2,(H,19,22)(H2,17,23,24)(H,18,20,21). The first-order chi connectivity index (χ1) is 11.9. The Morgan fingerprint density at radius 2 is 1.96 bits per heavy atom. The number of primary sulfonamides is 1. The molecule has 1 amide bonds. The van der Waals surface area contributed by atoms with Crippen molar-refractivity contribution in [2.75, 3.05) is 18.4 Å². The molecule has 8 nitrogen and oxygen atoms in total. The summed E-state index contributed by atoms with van der Waals surface area (Å²) >= 11 is 0. The van der Waals surface area contributed by atoms with Crippen molar-refractivity contribution in [2.24, 2.45) is 5.14 Å². The number of rotatable bonds is 8. The molecule has 1 aromatic heterocycles. The van der Waals surface area contributed by atoms with Gasteiger partial charge in [0.25, 0.3) is 5.91 Å². The molecule has 0 saturated heterocycles. The average molecular weight is 361 g/mol. The van der Waals surface area contributed by atoms with Gasteiger partial charge in [0.05, 0.1) is 4.90 Å². The molecule has 0 atom stereocenters. The van der Waals surface area contributed by atoms with Gasteiger partial charge in [0.15, 0.2) is 0 Å². The zero-order chi connectivity index (χ0) is 18.3. The zero-order valence-electron chi connectivity index (χ0n) is 13.5. The normalized spacial score (nSPS) is 10.9. The van der Waals surface area contributed by atoms with E-state index in [1.807, 2.05) is 0 Å². The number of sulfonamides is 1. The topological polar surface area (TPSA) is 127 Å². The van der Waals surface area contributed by atoms with Crippen LogP contribution >= 0.6 is 0 Å². The van der Waals surface area contributed by atoms with Crippen molar-refractivity contribution in [3.63, 3.8) is 0 Å². The van der Waals surface area contributed by atoms with Gasteiger partial charge in [-0.3, -0.25) is 4.79 Å². The largest absolute Gasteiger partial charge is 0.366 e. The van der Waals surface area contributed by atoms with Crippen LogP contribution in [-0.2, 0) is 16.4 Å². The molecule has 0 spiro atoms. The van der Waals surface area contributed by atoms with E-state index in [4.69, 9.17) is 5.14 Å². The van der Waals surface area contributed by atoms with Crippen molar-refractivity contribution >= 4 is 21.7 Å². The van der Waals surface area contributed by atoms with E-state index in [-0.39, 0.29) is 16.5 Å². The summed E-state index contributed by atoms with van der Waals surface area (Å²) in [5, 5.41) is 10.8. The summed E-state index contributed by atoms with van der Waals surface area (Å²) < 4.78 is 22.4. The number of anilines is 1. The Morgan fingerprint density at radius 3 is 2.60 bits per heavy atom. The number of nitrogens with one attached hydrogen (secondary N) is 2. The minimum atomic E-state index is -3.70. The van der Waals surface area contributed by atoms with Gasteiger partial charge < -0.3 is 10.6 Å². The fourth-order valence-corrected chi connectivity index (χ4v) is 2.53. The van der Waals surface area contributed by atoms with Gasteiger partial charge in [0.2, 0.25) is 10.0 Å². The van der Waals surface area contributed by atoms with Gasteiger partial charge in [-0.05, 0) is 24.1 Å². The van der Waals surface area contributed by atoms with Gasteiger partial charge in [-0.1, -0.05) is 18.2 Å². The molecule has 132 valence electrons. The predicted octanol–water partition coefficient (Wildman–Crippen LogP) is 0.694. The van der Waals surface area contributed by atoms with Gasteiger partial charge in [0.1, 0.15) is 17.8 Å². The highest BCUT2D eigenvalue weighted by Gasteiger charge is 2.09. The number of carbonyl (C=O) groups excluding carboxylic acids is 1. The summed E-state index contributed by atoms with van der Waals surface area (Å²) in [6.45, 7) is 4.51. The molecule has 2 aromatic rings. The van der Waals surface area contributed by atoms with Crippen LogP contribution in [0.15, 0.2) is 54.2 Å². The van der Waals surface area contributed by atoms with Crippen molar-refractivity contribution in [2.45, 2.75) is 11.3 Å². The Hall–Kier alpha value is -2.78. The van der Waals surface area contributed by atoms with Crippen LogP contribution < -0.4 is 15.8 Å². The van der Waals surface area contributed by atoms with E-state index in [1.54, 1.807) is 24.3 Å². The van der Waals surface area contributed by atoms with Gasteiger partial charge >= 0.3 is 0 Å². The molecule has 0 radical (unpaired) electrons. The number of carbonyl (C=O) groups is 1. The fraction of sp³-hybridized carbons (Fsp3) is 0.188. The first-order valence-corrected chi connectivity index (χ1v) is 9.01. The zero-order valence-corrected chi connectivity index (χ0v) is 14.3. The van der Waals surface area contributed by atoms with Crippen LogP contribution in [0, 0.1) is 0 Å². The van der Waals surface area contributed by atoms with Crippen LogP contribution in [0.5, 0.6) is 0 Å². The summed E-state index contributed by atoms with van der Waals surface area (Å²) in [4.78, 5) is 20.1. The maximum absolute atomic E-state index is 12.1. The number of benzene rings is 1. The van der Waals surface area contributed by atoms with E-state index >= 15 is 0 Å². The summed E-state index contributed by atoms with van der Waals surface area (Å²) in [7, 11) is -3.70. The third-order valence-corrected chi connectivity index (χ3v) is 4.21. The lowest BCUT2D eigenvalue weighted by Gasteiger charge is -2.07. The molecule has 0 unspecified atom stereocenters. The van der Waals surface area contributed by atoms with Crippen molar-refractivity contribution in [1.82, 2.24) is 15.3 Å². The summed E-state index contributed by atoms with van der Waals surface area (Å²) in [6, 6.07) is 7.75. The van der Waals surface area contributed by atoms with Crippen LogP contribution in [0.4, 0.5) is 5.82 Å². The molecule has 1 heterocycles. The van der Waals surface area contributed by atoms with E-state index in [1.165, 1.54) is 18.5 Å². The van der Waals surface area contributed by atoms with E-state index in [2.05, 4.69) is 27.2 Å². The molecule has 9 heteroatoms. The minimum Gasteiger partial charge on any atom is -0.366 e. The number of hydrogen-bond donors (Lipinski definition) is 3. The van der Waals surface area contributed by atoms with E-state index in [9.17, 15) is 13.2 Å². The molecule has 0 fully saturated rings. The van der Waals surface area contributed by atoms with Gasteiger partial charge in [-0.25, -0.2) is 23.5 Å².